The fourth-order valence-electron chi connectivity index (χ4n) is 5.62. The van der Waals surface area contributed by atoms with Crippen LogP contribution in [0.1, 0.15) is 219 Å². The molecule has 0 aromatic carbocycles. The van der Waals surface area contributed by atoms with Crippen LogP contribution < -0.4 is 0 Å². The monoisotopic (exact) mass is 587 g/mol. The summed E-state index contributed by atoms with van der Waals surface area (Å²) in [7, 11) is -1.67. The van der Waals surface area contributed by atoms with Crippen LogP contribution in [0, 0.1) is 0 Å². The molecule has 0 aliphatic heterocycles. The molecular weight excluding hydrogens is 511 g/mol. The fraction of sp³-hybridized carbons (Fsp3) is 1.00. The predicted octanol–water partition coefficient (Wildman–Crippen LogP) is 13.8. The number of hydrogen-bond acceptors (Lipinski definition) is 3. The van der Waals surface area contributed by atoms with Crippen molar-refractivity contribution in [1.82, 2.24) is 0 Å². The fourth-order valence-corrected chi connectivity index (χ4v) is 6.27. The Labute approximate surface area is 254 Å². The molecule has 0 bridgehead atoms. The van der Waals surface area contributed by atoms with Gasteiger partial charge < -0.3 is 13.9 Å². The van der Waals surface area contributed by atoms with E-state index in [1.54, 1.807) is 0 Å². The third-order valence-electron chi connectivity index (χ3n) is 8.40. The Kier molecular flexibility index (Phi) is 37.6. The molecule has 242 valence electrons. The predicted molar refractivity (Wildman–Crippen MR) is 180 cm³/mol. The molecule has 0 rings (SSSR count). The third-order valence-corrected chi connectivity index (χ3v) is 9.21. The first-order chi connectivity index (χ1) is 19.8. The molecule has 0 atom stereocenters. The summed E-state index contributed by atoms with van der Waals surface area (Å²) in [6.45, 7) is 5.86. The van der Waals surface area contributed by atoms with E-state index in [-0.39, 0.29) is 0 Å². The van der Waals surface area contributed by atoms with E-state index in [1.165, 1.54) is 193 Å². The molecular formula is C36H75O3P. The lowest BCUT2D eigenvalue weighted by molar-refractivity contribution is 0.193. The molecule has 0 aliphatic rings. The normalized spacial score (nSPS) is 11.7. The molecule has 0 unspecified atom stereocenters. The number of rotatable bonds is 36. The zero-order valence-corrected chi connectivity index (χ0v) is 28.6. The van der Waals surface area contributed by atoms with E-state index in [2.05, 4.69) is 13.8 Å². The molecule has 0 aromatic heterocycles. The van der Waals surface area contributed by atoms with Crippen molar-refractivity contribution in [2.45, 2.75) is 219 Å². The van der Waals surface area contributed by atoms with Gasteiger partial charge in [-0.05, 0) is 12.8 Å². The van der Waals surface area contributed by atoms with Crippen molar-refractivity contribution in [3.05, 3.63) is 0 Å². The maximum atomic E-state index is 9.92. The molecule has 0 saturated carbocycles. The molecule has 0 fully saturated rings. The Balaban J connectivity index is 3.13. The van der Waals surface area contributed by atoms with Crippen LogP contribution in [0.5, 0.6) is 0 Å². The van der Waals surface area contributed by atoms with Gasteiger partial charge in [0, 0.05) is 0 Å². The quantitative estimate of drug-likeness (QED) is 0.0586. The van der Waals surface area contributed by atoms with Crippen molar-refractivity contribution in [2.75, 3.05) is 13.2 Å². The van der Waals surface area contributed by atoms with Crippen molar-refractivity contribution >= 4 is 8.60 Å². The maximum absolute atomic E-state index is 9.92. The van der Waals surface area contributed by atoms with Crippen LogP contribution in [0.15, 0.2) is 0 Å². The summed E-state index contributed by atoms with van der Waals surface area (Å²) in [4.78, 5) is 9.92. The highest BCUT2D eigenvalue weighted by molar-refractivity contribution is 7.40. The van der Waals surface area contributed by atoms with Gasteiger partial charge in [-0.2, -0.15) is 0 Å². The largest absolute Gasteiger partial charge is 0.329 e. The molecule has 0 heterocycles. The minimum Gasteiger partial charge on any atom is -0.328 e. The van der Waals surface area contributed by atoms with E-state index in [1.807, 2.05) is 0 Å². The molecule has 40 heavy (non-hydrogen) atoms. The Morgan fingerprint density at radius 3 is 0.675 bits per heavy atom. The molecule has 0 aliphatic carbocycles. The highest BCUT2D eigenvalue weighted by Gasteiger charge is 2.06. The molecule has 0 amide bonds. The summed E-state index contributed by atoms with van der Waals surface area (Å²) in [5.74, 6) is 0. The van der Waals surface area contributed by atoms with E-state index >= 15 is 0 Å². The first-order valence-electron chi connectivity index (χ1n) is 18.6. The Bertz CT molecular complexity index is 396. The van der Waals surface area contributed by atoms with E-state index in [0.717, 1.165) is 12.8 Å². The summed E-state index contributed by atoms with van der Waals surface area (Å²) >= 11 is 0. The van der Waals surface area contributed by atoms with Gasteiger partial charge in [-0.15, -0.1) is 0 Å². The number of unbranched alkanes of at least 4 members (excludes halogenated alkanes) is 30. The van der Waals surface area contributed by atoms with Crippen molar-refractivity contribution in [2.24, 2.45) is 0 Å². The van der Waals surface area contributed by atoms with Crippen molar-refractivity contribution in [3.8, 4) is 0 Å². The summed E-state index contributed by atoms with van der Waals surface area (Å²) in [5, 5.41) is 0. The molecule has 3 nitrogen and oxygen atoms in total. The highest BCUT2D eigenvalue weighted by Crippen LogP contribution is 2.33. The molecule has 0 radical (unpaired) electrons. The van der Waals surface area contributed by atoms with Crippen LogP contribution >= 0.6 is 8.60 Å². The van der Waals surface area contributed by atoms with E-state index < -0.39 is 8.60 Å². The molecule has 4 heteroatoms. The van der Waals surface area contributed by atoms with Crippen LogP contribution in [0.3, 0.4) is 0 Å². The summed E-state index contributed by atoms with van der Waals surface area (Å²) < 4.78 is 11.0. The van der Waals surface area contributed by atoms with Gasteiger partial charge in [-0.25, -0.2) is 0 Å². The molecule has 0 saturated heterocycles. The minimum absolute atomic E-state index is 0.638. The summed E-state index contributed by atoms with van der Waals surface area (Å²) in [6, 6.07) is 0. The lowest BCUT2D eigenvalue weighted by Gasteiger charge is -2.10. The minimum atomic E-state index is -1.67. The lowest BCUT2D eigenvalue weighted by Crippen LogP contribution is -1.95. The lowest BCUT2D eigenvalue weighted by atomic mass is 10.0. The van der Waals surface area contributed by atoms with Gasteiger partial charge in [0.15, 0.2) is 0 Å². The van der Waals surface area contributed by atoms with Crippen LogP contribution in [-0.2, 0) is 9.05 Å². The number of hydrogen-bond donors (Lipinski definition) is 1. The first kappa shape index (κ1) is 40.3. The van der Waals surface area contributed by atoms with Gasteiger partial charge in [-0.1, -0.05) is 206 Å². The zero-order valence-electron chi connectivity index (χ0n) is 27.8. The average Bonchev–Trinajstić information content (AvgIpc) is 2.96. The highest BCUT2D eigenvalue weighted by atomic mass is 31.2. The maximum Gasteiger partial charge on any atom is 0.329 e. The second kappa shape index (κ2) is 37.3. The van der Waals surface area contributed by atoms with Gasteiger partial charge in [0.05, 0.1) is 13.2 Å². The molecule has 0 spiro atoms. The average molecular weight is 587 g/mol. The molecule has 0 aromatic rings. The van der Waals surface area contributed by atoms with Crippen LogP contribution in [0.2, 0.25) is 0 Å². The smallest absolute Gasteiger partial charge is 0.328 e. The van der Waals surface area contributed by atoms with Crippen LogP contribution in [0.25, 0.3) is 0 Å². The second-order valence-electron chi connectivity index (χ2n) is 12.5. The van der Waals surface area contributed by atoms with Gasteiger partial charge in [0.2, 0.25) is 0 Å². The van der Waals surface area contributed by atoms with Crippen molar-refractivity contribution < 1.29 is 13.9 Å². The third kappa shape index (κ3) is 36.3. The van der Waals surface area contributed by atoms with Gasteiger partial charge >= 0.3 is 8.60 Å². The standard InChI is InChI=1S/C36H75O3P/c1-3-5-7-9-11-13-15-17-19-21-23-25-27-29-31-33-35-38-40(37)39-36-34-32-30-28-26-24-22-20-18-16-14-12-10-8-6-4-2/h37H,3-36H2,1-2H3. The summed E-state index contributed by atoms with van der Waals surface area (Å²) in [5.41, 5.74) is 0. The van der Waals surface area contributed by atoms with Crippen LogP contribution in [-0.4, -0.2) is 18.1 Å². The summed E-state index contributed by atoms with van der Waals surface area (Å²) in [6.07, 6.45) is 44.0. The van der Waals surface area contributed by atoms with Crippen molar-refractivity contribution in [1.29, 1.82) is 0 Å². The van der Waals surface area contributed by atoms with Crippen molar-refractivity contribution in [3.63, 3.8) is 0 Å². The van der Waals surface area contributed by atoms with Gasteiger partial charge in [-0.3, -0.25) is 0 Å². The van der Waals surface area contributed by atoms with Gasteiger partial charge in [0.1, 0.15) is 0 Å². The molecule has 1 N–H and O–H groups in total. The Hall–Kier alpha value is 0.310. The van der Waals surface area contributed by atoms with E-state index in [4.69, 9.17) is 9.05 Å². The second-order valence-corrected chi connectivity index (χ2v) is 13.5. The van der Waals surface area contributed by atoms with E-state index in [0.29, 0.717) is 13.2 Å². The van der Waals surface area contributed by atoms with E-state index in [9.17, 15) is 4.89 Å². The van der Waals surface area contributed by atoms with Gasteiger partial charge in [0.25, 0.3) is 0 Å². The van der Waals surface area contributed by atoms with Crippen LogP contribution in [0.4, 0.5) is 0 Å². The zero-order chi connectivity index (χ0) is 29.0. The topological polar surface area (TPSA) is 38.7 Å². The Morgan fingerprint density at radius 1 is 0.300 bits per heavy atom. The first-order valence-corrected chi connectivity index (χ1v) is 19.7. The SMILES string of the molecule is CCCCCCCCCCCCCCCCCCOP(O)OCCCCCCCCCCCCCCCCCC. The Morgan fingerprint density at radius 2 is 0.475 bits per heavy atom.